The Balaban J connectivity index is 1.93. The number of aromatic nitrogens is 2. The standard InChI is InChI=1S/C18H18ClF2N3O3/c1-3-27-17(26)18(2)6-7-23(10-18)14-9-22-24(16(25)15(14)19)13-5-4-11(20)8-12(13)21/h4-5,8-9H,3,6-7,10H2,1-2H3. The normalized spacial score (nSPS) is 19.4. The number of hydrogen-bond donors (Lipinski definition) is 0. The lowest BCUT2D eigenvalue weighted by molar-refractivity contribution is -0.153. The van der Waals surface area contributed by atoms with Gasteiger partial charge in [-0.2, -0.15) is 9.78 Å². The van der Waals surface area contributed by atoms with E-state index in [1.54, 1.807) is 18.7 Å². The number of ether oxygens (including phenoxy) is 1. The lowest BCUT2D eigenvalue weighted by Crippen LogP contribution is -2.34. The Morgan fingerprint density at radius 3 is 2.78 bits per heavy atom. The van der Waals surface area contributed by atoms with Gasteiger partial charge >= 0.3 is 5.97 Å². The molecular formula is C18H18ClF2N3O3. The molecular weight excluding hydrogens is 380 g/mol. The molecule has 1 atom stereocenters. The molecule has 1 saturated heterocycles. The van der Waals surface area contributed by atoms with E-state index in [0.29, 0.717) is 31.3 Å². The summed E-state index contributed by atoms with van der Waals surface area (Å²) < 4.78 is 32.9. The average Bonchev–Trinajstić information content (AvgIpc) is 3.02. The number of rotatable bonds is 4. The summed E-state index contributed by atoms with van der Waals surface area (Å²) in [4.78, 5) is 26.5. The molecule has 3 rings (SSSR count). The van der Waals surface area contributed by atoms with Crippen LogP contribution in [0.1, 0.15) is 20.3 Å². The maximum absolute atomic E-state index is 14.0. The highest BCUT2D eigenvalue weighted by atomic mass is 35.5. The van der Waals surface area contributed by atoms with Crippen molar-refractivity contribution in [1.29, 1.82) is 0 Å². The van der Waals surface area contributed by atoms with Gasteiger partial charge in [0.25, 0.3) is 5.56 Å². The van der Waals surface area contributed by atoms with E-state index in [9.17, 15) is 18.4 Å². The summed E-state index contributed by atoms with van der Waals surface area (Å²) in [6, 6.07) is 2.80. The zero-order valence-corrected chi connectivity index (χ0v) is 15.6. The molecule has 0 saturated carbocycles. The number of esters is 1. The molecule has 0 bridgehead atoms. The van der Waals surface area contributed by atoms with Gasteiger partial charge in [0.1, 0.15) is 16.5 Å². The van der Waals surface area contributed by atoms with Gasteiger partial charge in [-0.15, -0.1) is 0 Å². The Morgan fingerprint density at radius 1 is 1.37 bits per heavy atom. The number of hydrogen-bond acceptors (Lipinski definition) is 5. The largest absolute Gasteiger partial charge is 0.466 e. The monoisotopic (exact) mass is 397 g/mol. The summed E-state index contributed by atoms with van der Waals surface area (Å²) >= 11 is 6.22. The summed E-state index contributed by atoms with van der Waals surface area (Å²) in [6.45, 7) is 4.63. The van der Waals surface area contributed by atoms with Gasteiger partial charge in [0, 0.05) is 19.2 Å². The fourth-order valence-corrected chi connectivity index (χ4v) is 3.36. The molecule has 1 fully saturated rings. The molecule has 0 N–H and O–H groups in total. The first-order valence-corrected chi connectivity index (χ1v) is 8.80. The van der Waals surface area contributed by atoms with Gasteiger partial charge in [-0.05, 0) is 32.4 Å². The number of halogens is 3. The summed E-state index contributed by atoms with van der Waals surface area (Å²) in [5, 5.41) is 3.82. The molecule has 1 aliphatic rings. The Hall–Kier alpha value is -2.48. The number of carbonyl (C=O) groups excluding carboxylic acids is 1. The molecule has 1 aliphatic heterocycles. The van der Waals surface area contributed by atoms with Gasteiger partial charge in [-0.1, -0.05) is 11.6 Å². The van der Waals surface area contributed by atoms with Crippen LogP contribution in [-0.2, 0) is 9.53 Å². The smallest absolute Gasteiger partial charge is 0.313 e. The fourth-order valence-electron chi connectivity index (χ4n) is 3.11. The fraction of sp³-hybridized carbons (Fsp3) is 0.389. The second-order valence-electron chi connectivity index (χ2n) is 6.61. The first kappa shape index (κ1) is 19.3. The number of benzene rings is 1. The quantitative estimate of drug-likeness (QED) is 0.742. The minimum Gasteiger partial charge on any atom is -0.466 e. The molecule has 144 valence electrons. The van der Waals surface area contributed by atoms with Gasteiger partial charge in [0.15, 0.2) is 5.82 Å². The van der Waals surface area contributed by atoms with Crippen molar-refractivity contribution in [2.45, 2.75) is 20.3 Å². The summed E-state index contributed by atoms with van der Waals surface area (Å²) in [5.41, 5.74) is -1.29. The third kappa shape index (κ3) is 3.53. The minimum atomic E-state index is -0.926. The number of anilines is 1. The van der Waals surface area contributed by atoms with Crippen LogP contribution in [0.5, 0.6) is 0 Å². The molecule has 1 aromatic carbocycles. The van der Waals surface area contributed by atoms with Crippen LogP contribution in [0.25, 0.3) is 5.69 Å². The molecule has 6 nitrogen and oxygen atoms in total. The van der Waals surface area contributed by atoms with Crippen molar-refractivity contribution in [2.75, 3.05) is 24.6 Å². The molecule has 9 heteroatoms. The third-order valence-electron chi connectivity index (χ3n) is 4.62. The Bertz CT molecular complexity index is 950. The molecule has 1 unspecified atom stereocenters. The summed E-state index contributed by atoms with van der Waals surface area (Å²) in [5.74, 6) is -2.00. The van der Waals surface area contributed by atoms with E-state index in [1.165, 1.54) is 6.20 Å². The van der Waals surface area contributed by atoms with Crippen molar-refractivity contribution in [2.24, 2.45) is 5.41 Å². The van der Waals surface area contributed by atoms with E-state index in [4.69, 9.17) is 16.3 Å². The van der Waals surface area contributed by atoms with Gasteiger partial charge in [0.2, 0.25) is 0 Å². The maximum Gasteiger partial charge on any atom is 0.313 e. The highest BCUT2D eigenvalue weighted by molar-refractivity contribution is 6.33. The predicted octanol–water partition coefficient (Wildman–Crippen LogP) is 2.94. The number of carbonyl (C=O) groups is 1. The number of nitrogens with zero attached hydrogens (tertiary/aromatic N) is 3. The van der Waals surface area contributed by atoms with Gasteiger partial charge in [0.05, 0.1) is 23.9 Å². The predicted molar refractivity (Wildman–Crippen MR) is 96.3 cm³/mol. The molecule has 2 heterocycles. The van der Waals surface area contributed by atoms with E-state index < -0.39 is 22.6 Å². The molecule has 27 heavy (non-hydrogen) atoms. The van der Waals surface area contributed by atoms with Crippen LogP contribution in [-0.4, -0.2) is 35.4 Å². The van der Waals surface area contributed by atoms with Crippen molar-refractivity contribution >= 4 is 23.3 Å². The van der Waals surface area contributed by atoms with Gasteiger partial charge in [-0.25, -0.2) is 8.78 Å². The van der Waals surface area contributed by atoms with Crippen LogP contribution in [0.3, 0.4) is 0 Å². The first-order chi connectivity index (χ1) is 12.8. The van der Waals surface area contributed by atoms with Crippen molar-refractivity contribution in [1.82, 2.24) is 9.78 Å². The third-order valence-corrected chi connectivity index (χ3v) is 4.98. The zero-order chi connectivity index (χ0) is 19.8. The summed E-state index contributed by atoms with van der Waals surface area (Å²) in [6.07, 6.45) is 1.88. The van der Waals surface area contributed by atoms with Crippen LogP contribution in [0.2, 0.25) is 5.02 Å². The average molecular weight is 398 g/mol. The van der Waals surface area contributed by atoms with Gasteiger partial charge in [-0.3, -0.25) is 9.59 Å². The molecule has 0 radical (unpaired) electrons. The van der Waals surface area contributed by atoms with E-state index >= 15 is 0 Å². The summed E-state index contributed by atoms with van der Waals surface area (Å²) in [7, 11) is 0. The van der Waals surface area contributed by atoms with E-state index in [2.05, 4.69) is 5.10 Å². The lowest BCUT2D eigenvalue weighted by Gasteiger charge is -2.24. The van der Waals surface area contributed by atoms with Crippen molar-refractivity contribution in [3.63, 3.8) is 0 Å². The molecule has 1 aromatic heterocycles. The Morgan fingerprint density at radius 2 is 2.11 bits per heavy atom. The van der Waals surface area contributed by atoms with Crippen LogP contribution in [0.4, 0.5) is 14.5 Å². The minimum absolute atomic E-state index is 0.151. The van der Waals surface area contributed by atoms with Crippen molar-refractivity contribution < 1.29 is 18.3 Å². The Kier molecular flexibility index (Phi) is 5.19. The molecule has 0 aliphatic carbocycles. The van der Waals surface area contributed by atoms with Gasteiger partial charge < -0.3 is 9.64 Å². The van der Waals surface area contributed by atoms with E-state index in [0.717, 1.165) is 16.8 Å². The molecule has 2 aromatic rings. The van der Waals surface area contributed by atoms with Crippen LogP contribution in [0.15, 0.2) is 29.2 Å². The van der Waals surface area contributed by atoms with Crippen LogP contribution >= 0.6 is 11.6 Å². The Labute approximate surface area is 159 Å². The first-order valence-electron chi connectivity index (χ1n) is 8.42. The van der Waals surface area contributed by atoms with Crippen molar-refractivity contribution in [3.05, 3.63) is 51.4 Å². The highest BCUT2D eigenvalue weighted by Crippen LogP contribution is 2.36. The second-order valence-corrected chi connectivity index (χ2v) is 6.99. The zero-order valence-electron chi connectivity index (χ0n) is 14.8. The van der Waals surface area contributed by atoms with E-state index in [-0.39, 0.29) is 23.3 Å². The van der Waals surface area contributed by atoms with Crippen LogP contribution in [0, 0.1) is 17.0 Å². The second kappa shape index (κ2) is 7.26. The SMILES string of the molecule is CCOC(=O)C1(C)CCN(c2cnn(-c3ccc(F)cc3F)c(=O)c2Cl)C1. The van der Waals surface area contributed by atoms with Crippen LogP contribution < -0.4 is 10.5 Å². The molecule has 0 amide bonds. The lowest BCUT2D eigenvalue weighted by atomic mass is 9.90. The highest BCUT2D eigenvalue weighted by Gasteiger charge is 2.42. The van der Waals surface area contributed by atoms with E-state index in [1.807, 2.05) is 0 Å². The maximum atomic E-state index is 14.0. The van der Waals surface area contributed by atoms with Crippen molar-refractivity contribution in [3.8, 4) is 5.69 Å². The topological polar surface area (TPSA) is 64.4 Å². The molecule has 0 spiro atoms.